The van der Waals surface area contributed by atoms with E-state index in [4.69, 9.17) is 9.84 Å². The average molecular weight is 499 g/mol. The summed E-state index contributed by atoms with van der Waals surface area (Å²) in [5.41, 5.74) is -0.772. The molecular weight excluding hydrogens is 485 g/mol. The summed E-state index contributed by atoms with van der Waals surface area (Å²) >= 11 is 2.72. The molecule has 0 saturated carbocycles. The molecule has 12 heteroatoms. The van der Waals surface area contributed by atoms with E-state index in [-0.39, 0.29) is 16.8 Å². The first-order chi connectivity index (χ1) is 13.4. The maximum Gasteiger partial charge on any atom is 0.420 e. The Balaban J connectivity index is 2.24. The zero-order valence-electron chi connectivity index (χ0n) is 14.4. The molecule has 0 aliphatic carbocycles. The fourth-order valence-electron chi connectivity index (χ4n) is 2.24. The molecule has 0 bridgehead atoms. The summed E-state index contributed by atoms with van der Waals surface area (Å²) in [6.45, 7) is -0.880. The average Bonchev–Trinajstić information content (AvgIpc) is 2.61. The summed E-state index contributed by atoms with van der Waals surface area (Å²) < 4.78 is 81.3. The molecule has 2 aromatic carbocycles. The van der Waals surface area contributed by atoms with Gasteiger partial charge in [-0.15, -0.1) is 0 Å². The van der Waals surface area contributed by atoms with E-state index in [1.54, 1.807) is 12.1 Å². The molecule has 2 N–H and O–H groups in total. The van der Waals surface area contributed by atoms with Gasteiger partial charge in [-0.05, 0) is 36.2 Å². The Morgan fingerprint density at radius 3 is 2.28 bits per heavy atom. The third-order valence-corrected chi connectivity index (χ3v) is 4.82. The maximum absolute atomic E-state index is 13.3. The summed E-state index contributed by atoms with van der Waals surface area (Å²) in [5, 5.41) is 8.85. The normalized spacial score (nSPS) is 11.9. The minimum Gasteiger partial charge on any atom is -0.482 e. The number of ether oxygens (including phenoxy) is 2. The van der Waals surface area contributed by atoms with Crippen LogP contribution in [0.3, 0.4) is 0 Å². The van der Waals surface area contributed by atoms with Gasteiger partial charge < -0.3 is 14.6 Å². The third-order valence-electron chi connectivity index (χ3n) is 3.50. The van der Waals surface area contributed by atoms with Crippen LogP contribution in [0.15, 0.2) is 45.8 Å². The topological polar surface area (TPSA) is 110 Å². The van der Waals surface area contributed by atoms with Gasteiger partial charge in [-0.3, -0.25) is 4.55 Å². The number of benzene rings is 2. The number of halogens is 4. The zero-order chi connectivity index (χ0) is 21.8. The van der Waals surface area contributed by atoms with E-state index in [0.717, 1.165) is 5.56 Å². The zero-order valence-corrected chi connectivity index (χ0v) is 16.8. The van der Waals surface area contributed by atoms with E-state index >= 15 is 0 Å². The second-order valence-electron chi connectivity index (χ2n) is 5.63. The van der Waals surface area contributed by atoms with Crippen LogP contribution in [0, 0.1) is 0 Å². The maximum atomic E-state index is 13.3. The van der Waals surface area contributed by atoms with Gasteiger partial charge >= 0.3 is 12.1 Å². The van der Waals surface area contributed by atoms with Crippen molar-refractivity contribution >= 4 is 32.0 Å². The van der Waals surface area contributed by atoms with Crippen molar-refractivity contribution in [2.75, 3.05) is 13.2 Å². The number of hydrogen-bond donors (Lipinski definition) is 2. The highest BCUT2D eigenvalue weighted by Crippen LogP contribution is 2.42. The van der Waals surface area contributed by atoms with Gasteiger partial charge in [-0.1, -0.05) is 28.1 Å². The van der Waals surface area contributed by atoms with Crippen molar-refractivity contribution < 1.29 is 45.5 Å². The van der Waals surface area contributed by atoms with Crippen molar-refractivity contribution in [2.24, 2.45) is 0 Å². The Labute approximate surface area is 171 Å². The lowest BCUT2D eigenvalue weighted by atomic mass is 10.1. The molecule has 0 fully saturated rings. The predicted octanol–water partition coefficient (Wildman–Crippen LogP) is 3.23. The Morgan fingerprint density at radius 1 is 1.14 bits per heavy atom. The molecule has 0 atom stereocenters. The molecule has 29 heavy (non-hydrogen) atoms. The van der Waals surface area contributed by atoms with Crippen molar-refractivity contribution in [1.29, 1.82) is 0 Å². The summed E-state index contributed by atoms with van der Waals surface area (Å²) in [4.78, 5) is 10.7. The largest absolute Gasteiger partial charge is 0.482 e. The van der Waals surface area contributed by atoms with E-state index in [0.29, 0.717) is 18.6 Å². The Hall–Kier alpha value is -2.15. The van der Waals surface area contributed by atoms with Crippen LogP contribution < -0.4 is 9.47 Å². The van der Waals surface area contributed by atoms with Crippen LogP contribution >= 0.6 is 15.9 Å². The fraction of sp³-hybridized carbons (Fsp3) is 0.235. The Morgan fingerprint density at radius 2 is 1.76 bits per heavy atom. The molecule has 7 nitrogen and oxygen atoms in total. The first-order valence-electron chi connectivity index (χ1n) is 7.83. The molecule has 0 radical (unpaired) electrons. The summed E-state index contributed by atoms with van der Waals surface area (Å²) in [5.74, 6) is -2.47. The SMILES string of the molecule is O=C(COc1ccc(CCO)cc1)Oc1c(C(F)(F)F)cc(Br)cc1S(=O)(=O)O. The number of carbonyl (C=O) groups excluding carboxylic acids is 1. The van der Waals surface area contributed by atoms with Crippen molar-refractivity contribution in [3.8, 4) is 11.5 Å². The molecule has 0 aliphatic rings. The number of esters is 1. The summed E-state index contributed by atoms with van der Waals surface area (Å²) in [6, 6.07) is 7.37. The van der Waals surface area contributed by atoms with E-state index in [9.17, 15) is 30.9 Å². The molecule has 158 valence electrons. The van der Waals surface area contributed by atoms with Gasteiger partial charge in [-0.2, -0.15) is 21.6 Å². The van der Waals surface area contributed by atoms with Crippen molar-refractivity contribution in [3.05, 3.63) is 52.0 Å². The van der Waals surface area contributed by atoms with Crippen molar-refractivity contribution in [2.45, 2.75) is 17.5 Å². The lowest BCUT2D eigenvalue weighted by molar-refractivity contribution is -0.143. The van der Waals surface area contributed by atoms with E-state index in [1.807, 2.05) is 0 Å². The van der Waals surface area contributed by atoms with Gasteiger partial charge in [0, 0.05) is 11.1 Å². The van der Waals surface area contributed by atoms with Crippen LogP contribution in [0.25, 0.3) is 0 Å². The van der Waals surface area contributed by atoms with Crippen LogP contribution in [0.4, 0.5) is 13.2 Å². The van der Waals surface area contributed by atoms with E-state index in [1.165, 1.54) is 12.1 Å². The molecule has 0 aliphatic heterocycles. The Kier molecular flexibility index (Phi) is 7.27. The Bertz CT molecular complexity index is 989. The third kappa shape index (κ3) is 6.42. The first kappa shape index (κ1) is 23.1. The van der Waals surface area contributed by atoms with Gasteiger partial charge in [0.15, 0.2) is 12.4 Å². The molecule has 0 aromatic heterocycles. The number of alkyl halides is 3. The van der Waals surface area contributed by atoms with Gasteiger partial charge in [-0.25, -0.2) is 4.79 Å². The second-order valence-corrected chi connectivity index (χ2v) is 7.94. The van der Waals surface area contributed by atoms with Gasteiger partial charge in [0.25, 0.3) is 10.1 Å². The number of aliphatic hydroxyl groups is 1. The molecular formula is C17H14BrF3O7S. The quantitative estimate of drug-likeness (QED) is 0.342. The summed E-state index contributed by atoms with van der Waals surface area (Å²) in [6.07, 6.45) is -4.66. The highest BCUT2D eigenvalue weighted by atomic mass is 79.9. The summed E-state index contributed by atoms with van der Waals surface area (Å²) in [7, 11) is -5.13. The molecule has 0 amide bonds. The van der Waals surface area contributed by atoms with Gasteiger partial charge in [0.05, 0.1) is 0 Å². The minimum atomic E-state index is -5.13. The molecule has 0 heterocycles. The van der Waals surface area contributed by atoms with Crippen molar-refractivity contribution in [1.82, 2.24) is 0 Å². The van der Waals surface area contributed by atoms with E-state index < -0.39 is 45.1 Å². The number of carbonyl (C=O) groups is 1. The van der Waals surface area contributed by atoms with Crippen LogP contribution in [0.2, 0.25) is 0 Å². The monoisotopic (exact) mass is 498 g/mol. The second kappa shape index (κ2) is 9.11. The van der Waals surface area contributed by atoms with Crippen LogP contribution in [-0.4, -0.2) is 37.3 Å². The van der Waals surface area contributed by atoms with Gasteiger partial charge in [0.2, 0.25) is 0 Å². The number of rotatable bonds is 7. The van der Waals surface area contributed by atoms with Crippen LogP contribution in [-0.2, 0) is 27.5 Å². The number of aliphatic hydroxyl groups excluding tert-OH is 1. The molecule has 2 rings (SSSR count). The number of hydrogen-bond acceptors (Lipinski definition) is 6. The molecule has 0 unspecified atom stereocenters. The lowest BCUT2D eigenvalue weighted by Crippen LogP contribution is -2.21. The van der Waals surface area contributed by atoms with E-state index in [2.05, 4.69) is 20.7 Å². The molecule has 2 aromatic rings. The smallest absolute Gasteiger partial charge is 0.420 e. The molecule has 0 spiro atoms. The van der Waals surface area contributed by atoms with Gasteiger partial charge in [0.1, 0.15) is 16.2 Å². The predicted molar refractivity (Wildman–Crippen MR) is 97.3 cm³/mol. The highest BCUT2D eigenvalue weighted by molar-refractivity contribution is 9.10. The highest BCUT2D eigenvalue weighted by Gasteiger charge is 2.39. The van der Waals surface area contributed by atoms with Crippen LogP contribution in [0.1, 0.15) is 11.1 Å². The van der Waals surface area contributed by atoms with Crippen LogP contribution in [0.5, 0.6) is 11.5 Å². The fourth-order valence-corrected chi connectivity index (χ4v) is 3.51. The lowest BCUT2D eigenvalue weighted by Gasteiger charge is -2.16. The minimum absolute atomic E-state index is 0.0582. The van der Waals surface area contributed by atoms with Crippen molar-refractivity contribution in [3.63, 3.8) is 0 Å². The standard InChI is InChI=1S/C17H14BrF3O7S/c18-11-7-13(17(19,20)21)16(14(8-11)29(24,25)26)28-15(23)9-27-12-3-1-10(2-4-12)5-6-22/h1-4,7-8,22H,5-6,9H2,(H,24,25,26). The molecule has 0 saturated heterocycles. The first-order valence-corrected chi connectivity index (χ1v) is 10.1.